The zero-order chi connectivity index (χ0) is 14.4. The van der Waals surface area contributed by atoms with Crippen LogP contribution in [-0.2, 0) is 14.3 Å². The van der Waals surface area contributed by atoms with E-state index < -0.39 is 18.0 Å². The number of phenols is 1. The standard InChI is InChI=1S/C13H15NO5/c1-8(13(14)17)19-12(16)6-4-9-3-5-10(15)11(7-9)18-2/h3-8,15H,1-2H3,(H2,14,17)/b6-4+/t8-/m1/s1. The number of aromatic hydroxyl groups is 1. The summed E-state index contributed by atoms with van der Waals surface area (Å²) in [6, 6.07) is 4.59. The van der Waals surface area contributed by atoms with Crippen LogP contribution in [0.1, 0.15) is 12.5 Å². The average molecular weight is 265 g/mol. The van der Waals surface area contributed by atoms with Crippen LogP contribution < -0.4 is 10.5 Å². The summed E-state index contributed by atoms with van der Waals surface area (Å²) in [4.78, 5) is 22.1. The second-order valence-corrected chi connectivity index (χ2v) is 3.75. The van der Waals surface area contributed by atoms with Gasteiger partial charge in [0, 0.05) is 6.08 Å². The van der Waals surface area contributed by atoms with Crippen molar-refractivity contribution >= 4 is 18.0 Å². The SMILES string of the molecule is COc1cc(/C=C/C(=O)O[C@H](C)C(N)=O)ccc1O. The lowest BCUT2D eigenvalue weighted by molar-refractivity contribution is -0.148. The van der Waals surface area contributed by atoms with Crippen LogP contribution >= 0.6 is 0 Å². The number of benzene rings is 1. The van der Waals surface area contributed by atoms with E-state index in [2.05, 4.69) is 0 Å². The van der Waals surface area contributed by atoms with Gasteiger partial charge >= 0.3 is 5.97 Å². The first kappa shape index (κ1) is 14.6. The number of methoxy groups -OCH3 is 1. The fourth-order valence-corrected chi connectivity index (χ4v) is 1.23. The average Bonchev–Trinajstić information content (AvgIpc) is 2.37. The van der Waals surface area contributed by atoms with Gasteiger partial charge in [-0.25, -0.2) is 4.79 Å². The van der Waals surface area contributed by atoms with E-state index in [9.17, 15) is 14.7 Å². The third-order valence-corrected chi connectivity index (χ3v) is 2.31. The van der Waals surface area contributed by atoms with Gasteiger partial charge < -0.3 is 20.3 Å². The molecule has 0 fully saturated rings. The maximum absolute atomic E-state index is 11.4. The van der Waals surface area contributed by atoms with Gasteiger partial charge in [-0.2, -0.15) is 0 Å². The molecule has 1 amide bonds. The fraction of sp³-hybridized carbons (Fsp3) is 0.231. The van der Waals surface area contributed by atoms with Gasteiger partial charge in [0.1, 0.15) is 0 Å². The molecule has 0 heterocycles. The van der Waals surface area contributed by atoms with Crippen molar-refractivity contribution in [3.8, 4) is 11.5 Å². The van der Waals surface area contributed by atoms with Crippen LogP contribution in [-0.4, -0.2) is 30.2 Å². The Morgan fingerprint density at radius 2 is 2.11 bits per heavy atom. The van der Waals surface area contributed by atoms with Crippen molar-refractivity contribution in [3.63, 3.8) is 0 Å². The molecule has 0 aromatic heterocycles. The molecule has 0 aliphatic rings. The van der Waals surface area contributed by atoms with Crippen LogP contribution in [0.2, 0.25) is 0 Å². The van der Waals surface area contributed by atoms with Gasteiger partial charge in [0.25, 0.3) is 5.91 Å². The molecule has 0 saturated carbocycles. The number of primary amides is 1. The third kappa shape index (κ3) is 4.34. The molecule has 1 aromatic carbocycles. The number of amides is 1. The van der Waals surface area contributed by atoms with Crippen molar-refractivity contribution in [2.24, 2.45) is 5.73 Å². The minimum atomic E-state index is -0.980. The molecule has 19 heavy (non-hydrogen) atoms. The normalized spacial score (nSPS) is 12.1. The number of phenolic OH excluding ortho intramolecular Hbond substituents is 1. The van der Waals surface area contributed by atoms with Crippen LogP contribution in [0.5, 0.6) is 11.5 Å². The number of rotatable bonds is 5. The number of hydrogen-bond acceptors (Lipinski definition) is 5. The van der Waals surface area contributed by atoms with E-state index in [0.717, 1.165) is 6.08 Å². The van der Waals surface area contributed by atoms with Gasteiger partial charge in [-0.15, -0.1) is 0 Å². The Bertz CT molecular complexity index is 510. The summed E-state index contributed by atoms with van der Waals surface area (Å²) in [5, 5.41) is 9.40. The molecule has 0 bridgehead atoms. The van der Waals surface area contributed by atoms with E-state index in [-0.39, 0.29) is 5.75 Å². The molecule has 6 heteroatoms. The van der Waals surface area contributed by atoms with Gasteiger partial charge in [0.05, 0.1) is 7.11 Å². The van der Waals surface area contributed by atoms with Crippen molar-refractivity contribution < 1.29 is 24.2 Å². The molecule has 1 rings (SSSR count). The lowest BCUT2D eigenvalue weighted by atomic mass is 10.2. The van der Waals surface area contributed by atoms with E-state index >= 15 is 0 Å². The minimum Gasteiger partial charge on any atom is -0.504 e. The number of hydrogen-bond donors (Lipinski definition) is 2. The number of carbonyl (C=O) groups excluding carboxylic acids is 2. The Morgan fingerprint density at radius 3 is 2.68 bits per heavy atom. The number of ether oxygens (including phenoxy) is 2. The van der Waals surface area contributed by atoms with Gasteiger partial charge in [0.2, 0.25) is 0 Å². The summed E-state index contributed by atoms with van der Waals surface area (Å²) >= 11 is 0. The fourth-order valence-electron chi connectivity index (χ4n) is 1.23. The van der Waals surface area contributed by atoms with Crippen LogP contribution in [0.15, 0.2) is 24.3 Å². The molecule has 1 atom stereocenters. The van der Waals surface area contributed by atoms with Crippen molar-refractivity contribution in [1.82, 2.24) is 0 Å². The first-order chi connectivity index (χ1) is 8.93. The van der Waals surface area contributed by atoms with Gasteiger partial charge in [-0.05, 0) is 30.7 Å². The smallest absolute Gasteiger partial charge is 0.331 e. The first-order valence-electron chi connectivity index (χ1n) is 5.49. The molecule has 0 saturated heterocycles. The summed E-state index contributed by atoms with van der Waals surface area (Å²) < 4.78 is 9.66. The van der Waals surface area contributed by atoms with Crippen molar-refractivity contribution in [2.45, 2.75) is 13.0 Å². The Morgan fingerprint density at radius 1 is 1.42 bits per heavy atom. The zero-order valence-electron chi connectivity index (χ0n) is 10.6. The molecule has 0 unspecified atom stereocenters. The van der Waals surface area contributed by atoms with Crippen molar-refractivity contribution in [2.75, 3.05) is 7.11 Å². The van der Waals surface area contributed by atoms with E-state index in [1.807, 2.05) is 0 Å². The second-order valence-electron chi connectivity index (χ2n) is 3.75. The lowest BCUT2D eigenvalue weighted by Crippen LogP contribution is -2.29. The predicted molar refractivity (Wildman–Crippen MR) is 68.4 cm³/mol. The second kappa shape index (κ2) is 6.44. The quantitative estimate of drug-likeness (QED) is 0.607. The Kier molecular flexibility index (Phi) is 4.93. The molecule has 6 nitrogen and oxygen atoms in total. The van der Waals surface area contributed by atoms with Crippen molar-refractivity contribution in [1.29, 1.82) is 0 Å². The molecule has 0 spiro atoms. The van der Waals surface area contributed by atoms with E-state index in [4.69, 9.17) is 15.2 Å². The van der Waals surface area contributed by atoms with Gasteiger partial charge in [0.15, 0.2) is 17.6 Å². The minimum absolute atomic E-state index is 0.00424. The lowest BCUT2D eigenvalue weighted by Gasteiger charge is -2.07. The monoisotopic (exact) mass is 265 g/mol. The molecule has 0 aliphatic carbocycles. The summed E-state index contributed by atoms with van der Waals surface area (Å²) in [7, 11) is 1.42. The Hall–Kier alpha value is -2.50. The molecular formula is C13H15NO5. The largest absolute Gasteiger partial charge is 0.504 e. The van der Waals surface area contributed by atoms with Crippen LogP contribution in [0.4, 0.5) is 0 Å². The molecule has 1 aromatic rings. The van der Waals surface area contributed by atoms with Crippen LogP contribution in [0.3, 0.4) is 0 Å². The predicted octanol–water partition coefficient (Wildman–Crippen LogP) is 0.831. The molecule has 0 aliphatic heterocycles. The zero-order valence-corrected chi connectivity index (χ0v) is 10.6. The van der Waals surface area contributed by atoms with Gasteiger partial charge in [-0.1, -0.05) is 6.07 Å². The molecule has 0 radical (unpaired) electrons. The summed E-state index contributed by atoms with van der Waals surface area (Å²) in [6.07, 6.45) is 1.65. The third-order valence-electron chi connectivity index (χ3n) is 2.31. The maximum atomic E-state index is 11.4. The van der Waals surface area contributed by atoms with Crippen LogP contribution in [0.25, 0.3) is 6.08 Å². The first-order valence-corrected chi connectivity index (χ1v) is 5.49. The highest BCUT2D eigenvalue weighted by atomic mass is 16.5. The highest BCUT2D eigenvalue weighted by Crippen LogP contribution is 2.26. The van der Waals surface area contributed by atoms with E-state index in [0.29, 0.717) is 11.3 Å². The highest BCUT2D eigenvalue weighted by Gasteiger charge is 2.12. The molecular weight excluding hydrogens is 250 g/mol. The Labute approximate surface area is 110 Å². The van der Waals surface area contributed by atoms with Gasteiger partial charge in [-0.3, -0.25) is 4.79 Å². The summed E-state index contributed by atoms with van der Waals surface area (Å²) in [6.45, 7) is 1.39. The van der Waals surface area contributed by atoms with E-state index in [1.54, 1.807) is 12.1 Å². The molecule has 3 N–H and O–H groups in total. The summed E-state index contributed by atoms with van der Waals surface area (Å²) in [5.74, 6) is -1.10. The number of nitrogens with two attached hydrogens (primary N) is 1. The maximum Gasteiger partial charge on any atom is 0.331 e. The molecule has 102 valence electrons. The number of esters is 1. The Balaban J connectivity index is 2.71. The topological polar surface area (TPSA) is 98.9 Å². The van der Waals surface area contributed by atoms with Crippen molar-refractivity contribution in [3.05, 3.63) is 29.8 Å². The van der Waals surface area contributed by atoms with Crippen LogP contribution in [0, 0.1) is 0 Å². The highest BCUT2D eigenvalue weighted by molar-refractivity contribution is 5.90. The summed E-state index contributed by atoms with van der Waals surface area (Å²) in [5.41, 5.74) is 5.60. The van der Waals surface area contributed by atoms with E-state index in [1.165, 1.54) is 26.2 Å². The number of carbonyl (C=O) groups is 2.